The minimum Gasteiger partial charge on any atom is -0.497 e. The van der Waals surface area contributed by atoms with Crippen molar-refractivity contribution in [2.45, 2.75) is 13.5 Å². The quantitative estimate of drug-likeness (QED) is 0.652. The zero-order valence-electron chi connectivity index (χ0n) is 13.1. The van der Waals surface area contributed by atoms with Crippen LogP contribution in [0.3, 0.4) is 0 Å². The molecule has 124 valence electrons. The van der Waals surface area contributed by atoms with Gasteiger partial charge in [0.2, 0.25) is 0 Å². The van der Waals surface area contributed by atoms with Crippen LogP contribution in [-0.2, 0) is 0 Å². The third-order valence-corrected chi connectivity index (χ3v) is 3.90. The number of rotatable bonds is 5. The Balaban J connectivity index is 2.20. The smallest absolute Gasteiger partial charge is 0.387 e. The van der Waals surface area contributed by atoms with E-state index in [9.17, 15) is 13.6 Å². The zero-order valence-corrected chi connectivity index (χ0v) is 13.1. The van der Waals surface area contributed by atoms with E-state index in [-0.39, 0.29) is 5.75 Å². The van der Waals surface area contributed by atoms with E-state index in [0.29, 0.717) is 10.9 Å². The molecular weight excluding hydrogens is 316 g/mol. The van der Waals surface area contributed by atoms with Crippen LogP contribution in [0.1, 0.15) is 16.1 Å². The summed E-state index contributed by atoms with van der Waals surface area (Å²) in [5.74, 6) is 0.739. The Morgan fingerprint density at radius 3 is 2.33 bits per heavy atom. The van der Waals surface area contributed by atoms with Gasteiger partial charge in [0.05, 0.1) is 12.6 Å². The lowest BCUT2D eigenvalue weighted by atomic mass is 10.1. The number of carbonyl (C=O) groups excluding carboxylic acids is 1. The van der Waals surface area contributed by atoms with E-state index in [2.05, 4.69) is 4.74 Å². The van der Waals surface area contributed by atoms with Crippen molar-refractivity contribution in [2.75, 3.05) is 7.11 Å². The summed E-state index contributed by atoms with van der Waals surface area (Å²) in [6.07, 6.45) is 0.726. The highest BCUT2D eigenvalue weighted by molar-refractivity contribution is 6.00. The van der Waals surface area contributed by atoms with Gasteiger partial charge in [0.1, 0.15) is 11.5 Å². The molecule has 0 atom stereocenters. The van der Waals surface area contributed by atoms with Gasteiger partial charge in [-0.3, -0.25) is 4.79 Å². The number of halogens is 2. The number of fused-ring (bicyclic) bond motifs is 1. The maximum absolute atomic E-state index is 12.4. The summed E-state index contributed by atoms with van der Waals surface area (Å²) in [5, 5.41) is 0.566. The zero-order chi connectivity index (χ0) is 17.3. The molecule has 0 aliphatic heterocycles. The highest BCUT2D eigenvalue weighted by Gasteiger charge is 2.16. The van der Waals surface area contributed by atoms with E-state index in [0.717, 1.165) is 28.9 Å². The second-order valence-corrected chi connectivity index (χ2v) is 5.21. The van der Waals surface area contributed by atoms with E-state index in [1.165, 1.54) is 12.1 Å². The minimum atomic E-state index is -2.91. The van der Waals surface area contributed by atoms with Gasteiger partial charge >= 0.3 is 6.61 Å². The van der Waals surface area contributed by atoms with Gasteiger partial charge in [0, 0.05) is 22.3 Å². The molecule has 24 heavy (non-hydrogen) atoms. The Bertz CT molecular complexity index is 885. The maximum Gasteiger partial charge on any atom is 0.387 e. The largest absolute Gasteiger partial charge is 0.497 e. The van der Waals surface area contributed by atoms with Crippen molar-refractivity contribution in [2.24, 2.45) is 0 Å². The van der Waals surface area contributed by atoms with E-state index >= 15 is 0 Å². The Morgan fingerprint density at radius 1 is 1.08 bits per heavy atom. The summed E-state index contributed by atoms with van der Waals surface area (Å²) in [7, 11) is 1.58. The number of ether oxygens (including phenoxy) is 2. The summed E-state index contributed by atoms with van der Waals surface area (Å²) in [5.41, 5.74) is 2.75. The first-order chi connectivity index (χ1) is 11.5. The van der Waals surface area contributed by atoms with Crippen LogP contribution < -0.4 is 9.47 Å². The van der Waals surface area contributed by atoms with Gasteiger partial charge in [-0.05, 0) is 49.4 Å². The average molecular weight is 331 g/mol. The molecule has 0 radical (unpaired) electrons. The van der Waals surface area contributed by atoms with Crippen molar-refractivity contribution in [3.05, 3.63) is 53.7 Å². The minimum absolute atomic E-state index is 0.0208. The second kappa shape index (κ2) is 6.31. The van der Waals surface area contributed by atoms with E-state index in [1.807, 2.05) is 35.8 Å². The molecule has 0 spiro atoms. The van der Waals surface area contributed by atoms with E-state index in [1.54, 1.807) is 13.2 Å². The van der Waals surface area contributed by atoms with Crippen LogP contribution in [0.15, 0.2) is 42.5 Å². The molecule has 0 amide bonds. The number of aldehydes is 1. The van der Waals surface area contributed by atoms with Crippen LogP contribution in [0.2, 0.25) is 0 Å². The van der Waals surface area contributed by atoms with Gasteiger partial charge in [-0.1, -0.05) is 0 Å². The summed E-state index contributed by atoms with van der Waals surface area (Å²) < 4.78 is 36.3. The molecule has 0 fully saturated rings. The van der Waals surface area contributed by atoms with E-state index in [4.69, 9.17) is 4.74 Å². The van der Waals surface area contributed by atoms with Crippen LogP contribution in [0.25, 0.3) is 16.6 Å². The molecule has 0 unspecified atom stereocenters. The fourth-order valence-corrected chi connectivity index (χ4v) is 2.81. The van der Waals surface area contributed by atoms with Crippen molar-refractivity contribution >= 4 is 17.2 Å². The number of alkyl halides is 2. The van der Waals surface area contributed by atoms with Gasteiger partial charge in [-0.25, -0.2) is 0 Å². The van der Waals surface area contributed by atoms with Crippen molar-refractivity contribution in [1.82, 2.24) is 4.57 Å². The number of carbonyl (C=O) groups is 1. The topological polar surface area (TPSA) is 40.5 Å². The van der Waals surface area contributed by atoms with Crippen molar-refractivity contribution in [3.8, 4) is 17.2 Å². The van der Waals surface area contributed by atoms with Crippen LogP contribution in [0.4, 0.5) is 8.78 Å². The lowest BCUT2D eigenvalue weighted by Gasteiger charge is -2.10. The van der Waals surface area contributed by atoms with Gasteiger partial charge in [-0.15, -0.1) is 0 Å². The number of nitrogens with zero attached hydrogens (tertiary/aromatic N) is 1. The van der Waals surface area contributed by atoms with Gasteiger partial charge in [-0.2, -0.15) is 8.78 Å². The molecule has 0 aliphatic rings. The highest BCUT2D eigenvalue weighted by Crippen LogP contribution is 2.32. The number of hydrogen-bond donors (Lipinski definition) is 0. The molecule has 0 aliphatic carbocycles. The average Bonchev–Trinajstić information content (AvgIpc) is 2.85. The molecule has 0 saturated carbocycles. The molecule has 0 N–H and O–H groups in total. The maximum atomic E-state index is 12.4. The molecule has 1 heterocycles. The fourth-order valence-electron chi connectivity index (χ4n) is 2.81. The molecule has 0 saturated heterocycles. The Hall–Kier alpha value is -2.89. The van der Waals surface area contributed by atoms with Crippen molar-refractivity contribution in [1.29, 1.82) is 0 Å². The molecule has 1 aromatic heterocycles. The summed E-state index contributed by atoms with van der Waals surface area (Å²) >= 11 is 0. The molecule has 2 aromatic carbocycles. The number of methoxy groups -OCH3 is 1. The molecule has 0 bridgehead atoms. The van der Waals surface area contributed by atoms with Gasteiger partial charge in [0.25, 0.3) is 0 Å². The third kappa shape index (κ3) is 2.71. The third-order valence-electron chi connectivity index (χ3n) is 3.90. The van der Waals surface area contributed by atoms with Crippen LogP contribution >= 0.6 is 0 Å². The molecular formula is C18H15F2NO3. The Labute approximate surface area is 137 Å². The van der Waals surface area contributed by atoms with Crippen molar-refractivity contribution in [3.63, 3.8) is 0 Å². The lowest BCUT2D eigenvalue weighted by molar-refractivity contribution is -0.0497. The van der Waals surface area contributed by atoms with E-state index < -0.39 is 6.61 Å². The normalized spacial score (nSPS) is 11.0. The lowest BCUT2D eigenvalue weighted by Crippen LogP contribution is -2.01. The van der Waals surface area contributed by atoms with Crippen LogP contribution in [-0.4, -0.2) is 24.6 Å². The SMILES string of the molecule is COc1ccc(-n2c(C)c(C=O)c3cc(OC(F)F)ccc32)cc1. The summed E-state index contributed by atoms with van der Waals surface area (Å²) in [6.45, 7) is -1.10. The van der Waals surface area contributed by atoms with Gasteiger partial charge in [0.15, 0.2) is 6.29 Å². The van der Waals surface area contributed by atoms with Crippen molar-refractivity contribution < 1.29 is 23.0 Å². The fraction of sp³-hybridized carbons (Fsp3) is 0.167. The molecule has 3 rings (SSSR count). The van der Waals surface area contributed by atoms with Crippen LogP contribution in [0.5, 0.6) is 11.5 Å². The first kappa shape index (κ1) is 16.0. The second-order valence-electron chi connectivity index (χ2n) is 5.21. The Morgan fingerprint density at radius 2 is 1.75 bits per heavy atom. The number of hydrogen-bond acceptors (Lipinski definition) is 3. The summed E-state index contributed by atoms with van der Waals surface area (Å²) in [4.78, 5) is 11.5. The molecule has 6 heteroatoms. The number of benzene rings is 2. The van der Waals surface area contributed by atoms with Gasteiger partial charge < -0.3 is 14.0 Å². The Kier molecular flexibility index (Phi) is 4.20. The first-order valence-corrected chi connectivity index (χ1v) is 7.24. The van der Waals surface area contributed by atoms with Crippen LogP contribution in [0, 0.1) is 6.92 Å². The number of aromatic nitrogens is 1. The highest BCUT2D eigenvalue weighted by atomic mass is 19.3. The first-order valence-electron chi connectivity index (χ1n) is 7.24. The predicted molar refractivity (Wildman–Crippen MR) is 86.6 cm³/mol. The monoisotopic (exact) mass is 331 g/mol. The standard InChI is InChI=1S/C18H15F2NO3/c1-11-16(10-22)15-9-14(24-18(19)20)7-8-17(15)21(11)12-3-5-13(23-2)6-4-12/h3-10,18H,1-2H3. The molecule has 4 nitrogen and oxygen atoms in total. The summed E-state index contributed by atoms with van der Waals surface area (Å²) in [6, 6.07) is 11.9. The molecule has 3 aromatic rings. The predicted octanol–water partition coefficient (Wildman–Crippen LogP) is 4.36.